The second-order valence-electron chi connectivity index (χ2n) is 7.91. The van der Waals surface area contributed by atoms with Gasteiger partial charge in [-0.2, -0.15) is 0 Å². The van der Waals surface area contributed by atoms with Gasteiger partial charge in [0.25, 0.3) is 0 Å². The second kappa shape index (κ2) is 12.1. The van der Waals surface area contributed by atoms with Crippen LogP contribution < -0.4 is 0 Å². The van der Waals surface area contributed by atoms with Crippen molar-refractivity contribution in [1.29, 1.82) is 0 Å². The zero-order chi connectivity index (χ0) is 23.6. The maximum absolute atomic E-state index is 13.4. The van der Waals surface area contributed by atoms with E-state index in [1.165, 1.54) is 18.2 Å². The number of hydrogen-bond donors (Lipinski definition) is 0. The minimum absolute atomic E-state index is 0.00256. The van der Waals surface area contributed by atoms with Crippen molar-refractivity contribution < 1.29 is 14.0 Å². The van der Waals surface area contributed by atoms with Gasteiger partial charge in [0, 0.05) is 24.0 Å². The highest BCUT2D eigenvalue weighted by Crippen LogP contribution is 2.20. The van der Waals surface area contributed by atoms with Crippen LogP contribution in [0.3, 0.4) is 0 Å². The van der Waals surface area contributed by atoms with E-state index in [-0.39, 0.29) is 24.2 Å². The van der Waals surface area contributed by atoms with Crippen LogP contribution >= 0.6 is 11.3 Å². The topological polar surface area (TPSA) is 40.6 Å². The van der Waals surface area contributed by atoms with E-state index >= 15 is 0 Å². The Morgan fingerprint density at radius 2 is 1.70 bits per heavy atom. The van der Waals surface area contributed by atoms with Gasteiger partial charge in [-0.15, -0.1) is 11.3 Å². The van der Waals surface area contributed by atoms with Crippen molar-refractivity contribution in [3.63, 3.8) is 0 Å². The van der Waals surface area contributed by atoms with E-state index < -0.39 is 0 Å². The van der Waals surface area contributed by atoms with Gasteiger partial charge in [-0.1, -0.05) is 49.4 Å². The first-order valence-electron chi connectivity index (χ1n) is 11.0. The van der Waals surface area contributed by atoms with Gasteiger partial charge >= 0.3 is 0 Å². The molecule has 2 aromatic carbocycles. The lowest BCUT2D eigenvalue weighted by Crippen LogP contribution is -2.42. The van der Waals surface area contributed by atoms with Gasteiger partial charge < -0.3 is 9.80 Å². The van der Waals surface area contributed by atoms with Crippen molar-refractivity contribution >= 4 is 29.2 Å². The normalized spacial score (nSPS) is 11.0. The quantitative estimate of drug-likeness (QED) is 0.363. The van der Waals surface area contributed by atoms with Gasteiger partial charge in [0.15, 0.2) is 0 Å². The summed E-state index contributed by atoms with van der Waals surface area (Å²) >= 11 is 1.60. The van der Waals surface area contributed by atoms with Crippen LogP contribution in [0.1, 0.15) is 34.9 Å². The molecule has 3 rings (SSSR count). The highest BCUT2D eigenvalue weighted by atomic mass is 32.1. The number of nitrogens with zero attached hydrogens (tertiary/aromatic N) is 2. The number of aryl methyl sites for hydroxylation is 1. The fourth-order valence-electron chi connectivity index (χ4n) is 3.42. The van der Waals surface area contributed by atoms with Gasteiger partial charge in [-0.25, -0.2) is 4.39 Å². The maximum atomic E-state index is 13.4. The van der Waals surface area contributed by atoms with Crippen molar-refractivity contribution in [2.24, 2.45) is 0 Å². The molecule has 172 valence electrons. The van der Waals surface area contributed by atoms with Crippen LogP contribution in [-0.4, -0.2) is 34.7 Å². The fourth-order valence-corrected chi connectivity index (χ4v) is 4.34. The molecule has 0 aliphatic rings. The monoisotopic (exact) mass is 464 g/mol. The van der Waals surface area contributed by atoms with E-state index in [0.717, 1.165) is 28.0 Å². The predicted octanol–water partition coefficient (Wildman–Crippen LogP) is 5.68. The van der Waals surface area contributed by atoms with Gasteiger partial charge in [-0.05, 0) is 59.7 Å². The van der Waals surface area contributed by atoms with Crippen molar-refractivity contribution in [3.8, 4) is 0 Å². The molecule has 1 aromatic heterocycles. The number of thiophene rings is 1. The molecule has 2 amide bonds. The number of amides is 2. The Bertz CT molecular complexity index is 1080. The largest absolute Gasteiger partial charge is 0.332 e. The minimum Gasteiger partial charge on any atom is -0.332 e. The predicted molar refractivity (Wildman–Crippen MR) is 132 cm³/mol. The third kappa shape index (κ3) is 7.39. The summed E-state index contributed by atoms with van der Waals surface area (Å²) in [6, 6.07) is 17.8. The van der Waals surface area contributed by atoms with Crippen molar-refractivity contribution in [1.82, 2.24) is 9.80 Å². The Labute approximate surface area is 199 Å². The lowest BCUT2D eigenvalue weighted by Gasteiger charge is -2.27. The molecule has 0 aliphatic carbocycles. The molecule has 0 unspecified atom stereocenters. The summed E-state index contributed by atoms with van der Waals surface area (Å²) in [4.78, 5) is 30.6. The summed E-state index contributed by atoms with van der Waals surface area (Å²) in [6.45, 7) is 5.30. The SMILES string of the molecule is CCCN(CC(=O)N(Cc1ccc(F)cc1)Cc1sccc1C)C(=O)C=Cc1ccccc1. The average molecular weight is 465 g/mol. The number of hydrogen-bond acceptors (Lipinski definition) is 3. The number of halogens is 1. The lowest BCUT2D eigenvalue weighted by atomic mass is 10.2. The highest BCUT2D eigenvalue weighted by molar-refractivity contribution is 7.10. The molecule has 0 saturated heterocycles. The molecule has 3 aromatic rings. The number of carbonyl (C=O) groups is 2. The molecule has 0 atom stereocenters. The second-order valence-corrected chi connectivity index (χ2v) is 8.91. The first-order valence-corrected chi connectivity index (χ1v) is 11.9. The first-order chi connectivity index (χ1) is 16.0. The summed E-state index contributed by atoms with van der Waals surface area (Å²) in [6.07, 6.45) is 4.03. The summed E-state index contributed by atoms with van der Waals surface area (Å²) < 4.78 is 13.4. The summed E-state index contributed by atoms with van der Waals surface area (Å²) in [5, 5.41) is 2.01. The molecule has 0 fully saturated rings. The van der Waals surface area contributed by atoms with Gasteiger partial charge in [-0.3, -0.25) is 9.59 Å². The van der Waals surface area contributed by atoms with Crippen LogP contribution in [0.15, 0.2) is 72.1 Å². The standard InChI is InChI=1S/C27H29FN2O2S/c1-3-16-29(26(31)14-11-22-7-5-4-6-8-22)20-27(32)30(19-25-21(2)15-17-33-25)18-23-9-12-24(28)13-10-23/h4-15,17H,3,16,18-20H2,1-2H3. The Morgan fingerprint density at radius 3 is 2.33 bits per heavy atom. The van der Waals surface area contributed by atoms with Crippen LogP contribution in [0.25, 0.3) is 6.08 Å². The molecule has 33 heavy (non-hydrogen) atoms. The lowest BCUT2D eigenvalue weighted by molar-refractivity contribution is -0.139. The molecule has 1 heterocycles. The smallest absolute Gasteiger partial charge is 0.247 e. The van der Waals surface area contributed by atoms with Crippen LogP contribution in [0.4, 0.5) is 4.39 Å². The average Bonchev–Trinajstić information content (AvgIpc) is 3.23. The Morgan fingerprint density at radius 1 is 0.970 bits per heavy atom. The number of benzene rings is 2. The summed E-state index contributed by atoms with van der Waals surface area (Å²) in [5.74, 6) is -0.638. The van der Waals surface area contributed by atoms with Gasteiger partial charge in [0.2, 0.25) is 11.8 Å². The highest BCUT2D eigenvalue weighted by Gasteiger charge is 2.21. The van der Waals surface area contributed by atoms with E-state index in [1.807, 2.05) is 55.6 Å². The minimum atomic E-state index is -0.310. The van der Waals surface area contributed by atoms with Crippen molar-refractivity contribution in [3.05, 3.63) is 99.5 Å². The summed E-state index contributed by atoms with van der Waals surface area (Å²) in [5.41, 5.74) is 2.90. The Hall–Kier alpha value is -3.25. The molecular formula is C27H29FN2O2S. The van der Waals surface area contributed by atoms with Gasteiger partial charge in [0.05, 0.1) is 6.54 Å². The van der Waals surface area contributed by atoms with Crippen LogP contribution in [-0.2, 0) is 22.7 Å². The molecule has 4 nitrogen and oxygen atoms in total. The molecular weight excluding hydrogens is 435 g/mol. The Balaban J connectivity index is 1.75. The molecule has 0 spiro atoms. The number of carbonyl (C=O) groups excluding carboxylic acids is 2. The zero-order valence-corrected chi connectivity index (χ0v) is 19.9. The third-order valence-corrected chi connectivity index (χ3v) is 6.30. The molecule has 0 N–H and O–H groups in total. The van der Waals surface area contributed by atoms with Crippen LogP contribution in [0.5, 0.6) is 0 Å². The van der Waals surface area contributed by atoms with Crippen LogP contribution in [0.2, 0.25) is 0 Å². The van der Waals surface area contributed by atoms with Crippen LogP contribution in [0, 0.1) is 12.7 Å². The first kappa shape index (κ1) is 24.4. The maximum Gasteiger partial charge on any atom is 0.247 e. The third-order valence-electron chi connectivity index (χ3n) is 5.29. The number of rotatable bonds is 10. The van der Waals surface area contributed by atoms with E-state index in [4.69, 9.17) is 0 Å². The fraction of sp³-hybridized carbons (Fsp3) is 0.259. The molecule has 6 heteroatoms. The van der Waals surface area contributed by atoms with Crippen molar-refractivity contribution in [2.75, 3.05) is 13.1 Å². The van der Waals surface area contributed by atoms with E-state index in [1.54, 1.807) is 39.3 Å². The molecule has 0 saturated carbocycles. The van der Waals surface area contributed by atoms with E-state index in [0.29, 0.717) is 19.6 Å². The van der Waals surface area contributed by atoms with E-state index in [2.05, 4.69) is 0 Å². The van der Waals surface area contributed by atoms with Crippen molar-refractivity contribution in [2.45, 2.75) is 33.4 Å². The van der Waals surface area contributed by atoms with E-state index in [9.17, 15) is 14.0 Å². The zero-order valence-electron chi connectivity index (χ0n) is 19.0. The summed E-state index contributed by atoms with van der Waals surface area (Å²) in [7, 11) is 0. The van der Waals surface area contributed by atoms with Gasteiger partial charge in [0.1, 0.15) is 12.4 Å². The molecule has 0 aliphatic heterocycles. The Kier molecular flexibility index (Phi) is 8.95. The molecule has 0 radical (unpaired) electrons. The molecule has 0 bridgehead atoms.